The Morgan fingerprint density at radius 2 is 1.58 bits per heavy atom. The number of nitrogens with zero attached hydrogens (tertiary/aromatic N) is 1. The van der Waals surface area contributed by atoms with Crippen LogP contribution in [0.1, 0.15) is 53.4 Å². The number of piperidine rings is 1. The second kappa shape index (κ2) is 6.27. The van der Waals surface area contributed by atoms with Crippen LogP contribution in [0.15, 0.2) is 24.3 Å². The van der Waals surface area contributed by atoms with Gasteiger partial charge in [-0.25, -0.2) is 0 Å². The van der Waals surface area contributed by atoms with Gasteiger partial charge in [0.25, 0.3) is 0 Å². The van der Waals surface area contributed by atoms with Crippen LogP contribution in [0.3, 0.4) is 0 Å². The van der Waals surface area contributed by atoms with E-state index in [1.54, 1.807) is 0 Å². The molecule has 4 rings (SSSR count). The first-order valence-electron chi connectivity index (χ1n) is 9.64. The van der Waals surface area contributed by atoms with Crippen LogP contribution in [0, 0.1) is 0 Å². The summed E-state index contributed by atoms with van der Waals surface area (Å²) in [4.78, 5) is 13.2. The molecule has 0 unspecified atom stereocenters. The molecule has 3 atom stereocenters. The quantitative estimate of drug-likeness (QED) is 0.614. The zero-order valence-corrected chi connectivity index (χ0v) is 16.1. The van der Waals surface area contributed by atoms with Crippen molar-refractivity contribution in [2.75, 3.05) is 0 Å². The third-order valence-electron chi connectivity index (χ3n) is 6.58. The Kier molecular flexibility index (Phi) is 4.31. The van der Waals surface area contributed by atoms with Crippen LogP contribution in [0.5, 0.6) is 5.75 Å². The molecular weight excluding hydrogens is 329 g/mol. The Hall–Kier alpha value is -1.53. The zero-order chi connectivity index (χ0) is 18.5. The molecule has 3 fully saturated rings. The van der Waals surface area contributed by atoms with Crippen molar-refractivity contribution in [3.63, 3.8) is 0 Å². The van der Waals surface area contributed by atoms with Gasteiger partial charge >= 0.3 is 7.12 Å². The predicted molar refractivity (Wildman–Crippen MR) is 101 cm³/mol. The largest absolute Gasteiger partial charge is 0.494 e. The molecular formula is C20H28BNO4. The lowest BCUT2D eigenvalue weighted by Gasteiger charge is -2.36. The summed E-state index contributed by atoms with van der Waals surface area (Å²) in [6.45, 7) is 8.24. The average Bonchev–Trinajstić information content (AvgIpc) is 2.96. The fraction of sp³-hybridized carbons (Fsp3) is 0.650. The van der Waals surface area contributed by atoms with Crippen LogP contribution < -0.4 is 10.2 Å². The van der Waals surface area contributed by atoms with E-state index in [0.717, 1.165) is 43.3 Å². The van der Waals surface area contributed by atoms with Gasteiger partial charge in [-0.3, -0.25) is 4.79 Å². The maximum Gasteiger partial charge on any atom is 0.494 e. The van der Waals surface area contributed by atoms with E-state index in [0.29, 0.717) is 12.1 Å². The van der Waals surface area contributed by atoms with Gasteiger partial charge in [-0.15, -0.1) is 0 Å². The van der Waals surface area contributed by atoms with Gasteiger partial charge in [0, 0.05) is 24.9 Å². The van der Waals surface area contributed by atoms with Crippen molar-refractivity contribution in [2.24, 2.45) is 0 Å². The molecule has 6 heteroatoms. The maximum absolute atomic E-state index is 11.2. The van der Waals surface area contributed by atoms with Gasteiger partial charge in [-0.05, 0) is 58.1 Å². The van der Waals surface area contributed by atoms with Crippen molar-refractivity contribution in [3.8, 4) is 5.75 Å². The third kappa shape index (κ3) is 3.03. The molecule has 3 heterocycles. The van der Waals surface area contributed by atoms with Crippen molar-refractivity contribution >= 4 is 19.0 Å². The highest BCUT2D eigenvalue weighted by Crippen LogP contribution is 2.37. The van der Waals surface area contributed by atoms with Crippen molar-refractivity contribution in [1.82, 2.24) is 4.90 Å². The highest BCUT2D eigenvalue weighted by molar-refractivity contribution is 6.62. The summed E-state index contributed by atoms with van der Waals surface area (Å²) in [7, 11) is -0.347. The fourth-order valence-electron chi connectivity index (χ4n) is 4.31. The van der Waals surface area contributed by atoms with E-state index in [-0.39, 0.29) is 24.4 Å². The first-order valence-corrected chi connectivity index (χ1v) is 9.64. The summed E-state index contributed by atoms with van der Waals surface area (Å²) in [6.07, 6.45) is 5.25. The number of rotatable bonds is 4. The predicted octanol–water partition coefficient (Wildman–Crippen LogP) is 2.52. The molecule has 3 aliphatic rings. The Morgan fingerprint density at radius 3 is 2.08 bits per heavy atom. The Balaban J connectivity index is 1.39. The first kappa shape index (κ1) is 17.9. The number of carbonyl (C=O) groups is 1. The first-order chi connectivity index (χ1) is 12.3. The van der Waals surface area contributed by atoms with Crippen LogP contribution in [-0.2, 0) is 14.1 Å². The minimum absolute atomic E-state index is 0.186. The van der Waals surface area contributed by atoms with Crippen LogP contribution in [-0.4, -0.2) is 47.8 Å². The minimum atomic E-state index is -0.347. The Morgan fingerprint density at radius 1 is 1.04 bits per heavy atom. The zero-order valence-electron chi connectivity index (χ0n) is 16.1. The molecule has 0 aromatic heterocycles. The maximum atomic E-state index is 11.2. The van der Waals surface area contributed by atoms with E-state index in [4.69, 9.17) is 14.0 Å². The number of carbonyl (C=O) groups excluding carboxylic acids is 1. The highest BCUT2D eigenvalue weighted by Gasteiger charge is 2.51. The molecule has 26 heavy (non-hydrogen) atoms. The van der Waals surface area contributed by atoms with E-state index in [2.05, 4.69) is 27.7 Å². The SMILES string of the molecule is CC1(C)OB(c2ccc(O[C@H]3C[C@H]4CC[C@@H](C3)N4C=O)cc2)OC1(C)C. The van der Waals surface area contributed by atoms with Gasteiger partial charge in [0.2, 0.25) is 6.41 Å². The molecule has 1 amide bonds. The smallest absolute Gasteiger partial charge is 0.490 e. The van der Waals surface area contributed by atoms with Crippen molar-refractivity contribution in [1.29, 1.82) is 0 Å². The molecule has 0 saturated carbocycles. The summed E-state index contributed by atoms with van der Waals surface area (Å²) in [5.41, 5.74) is 0.337. The van der Waals surface area contributed by atoms with Gasteiger partial charge in [0.15, 0.2) is 0 Å². The van der Waals surface area contributed by atoms with E-state index in [1.807, 2.05) is 29.2 Å². The highest BCUT2D eigenvalue weighted by atomic mass is 16.7. The van der Waals surface area contributed by atoms with Gasteiger partial charge < -0.3 is 18.9 Å². The lowest BCUT2D eigenvalue weighted by molar-refractivity contribution is -0.123. The summed E-state index contributed by atoms with van der Waals surface area (Å²) in [5, 5.41) is 0. The lowest BCUT2D eigenvalue weighted by atomic mass is 9.79. The van der Waals surface area contributed by atoms with E-state index >= 15 is 0 Å². The van der Waals surface area contributed by atoms with E-state index < -0.39 is 0 Å². The molecule has 5 nitrogen and oxygen atoms in total. The van der Waals surface area contributed by atoms with Gasteiger partial charge in [0.1, 0.15) is 11.9 Å². The summed E-state index contributed by atoms with van der Waals surface area (Å²) < 4.78 is 18.4. The average molecular weight is 357 g/mol. The molecule has 3 aliphatic heterocycles. The second-order valence-corrected chi connectivity index (χ2v) is 8.81. The van der Waals surface area contributed by atoms with Crippen molar-refractivity contribution in [2.45, 2.75) is 82.8 Å². The lowest BCUT2D eigenvalue weighted by Crippen LogP contribution is -2.45. The van der Waals surface area contributed by atoms with Crippen molar-refractivity contribution < 1.29 is 18.8 Å². The molecule has 140 valence electrons. The molecule has 0 spiro atoms. The van der Waals surface area contributed by atoms with Crippen LogP contribution in [0.2, 0.25) is 0 Å². The van der Waals surface area contributed by atoms with Crippen LogP contribution >= 0.6 is 0 Å². The molecule has 3 saturated heterocycles. The number of amides is 1. The van der Waals surface area contributed by atoms with Crippen LogP contribution in [0.4, 0.5) is 0 Å². The number of ether oxygens (including phenoxy) is 1. The number of hydrogen-bond acceptors (Lipinski definition) is 4. The van der Waals surface area contributed by atoms with Gasteiger partial charge in [0.05, 0.1) is 11.2 Å². The molecule has 0 radical (unpaired) electrons. The van der Waals surface area contributed by atoms with Crippen LogP contribution in [0.25, 0.3) is 0 Å². The number of fused-ring (bicyclic) bond motifs is 2. The normalized spacial score (nSPS) is 31.9. The number of benzene rings is 1. The second-order valence-electron chi connectivity index (χ2n) is 8.81. The third-order valence-corrected chi connectivity index (χ3v) is 6.58. The van der Waals surface area contributed by atoms with Crippen molar-refractivity contribution in [3.05, 3.63) is 24.3 Å². The standard InChI is InChI=1S/C20H28BNO4/c1-19(2)20(3,4)26-21(25-19)14-5-9-17(10-6-14)24-18-11-15-7-8-16(12-18)22(15)13-23/h5-6,9-10,13,15-16,18H,7-8,11-12H2,1-4H3/t15-,16+,18+. The molecule has 0 N–H and O–H groups in total. The minimum Gasteiger partial charge on any atom is -0.490 e. The molecule has 1 aromatic rings. The summed E-state index contributed by atoms with van der Waals surface area (Å²) in [6, 6.07) is 8.72. The molecule has 0 aliphatic carbocycles. The topological polar surface area (TPSA) is 48.0 Å². The molecule has 2 bridgehead atoms. The summed E-state index contributed by atoms with van der Waals surface area (Å²) >= 11 is 0. The van der Waals surface area contributed by atoms with E-state index in [9.17, 15) is 4.79 Å². The summed E-state index contributed by atoms with van der Waals surface area (Å²) in [5.74, 6) is 0.870. The Bertz CT molecular complexity index is 645. The number of hydrogen-bond donors (Lipinski definition) is 0. The van der Waals surface area contributed by atoms with Gasteiger partial charge in [-0.2, -0.15) is 0 Å². The molecule has 1 aromatic carbocycles. The van der Waals surface area contributed by atoms with E-state index in [1.165, 1.54) is 0 Å². The van der Waals surface area contributed by atoms with Gasteiger partial charge in [-0.1, -0.05) is 12.1 Å². The fourth-order valence-corrected chi connectivity index (χ4v) is 4.31. The monoisotopic (exact) mass is 357 g/mol. The Labute approximate surface area is 156 Å².